The minimum absolute atomic E-state index is 0.731. The normalized spacial score (nSPS) is 11.9. The third-order valence-electron chi connectivity index (χ3n) is 1.14. The van der Waals surface area contributed by atoms with Crippen molar-refractivity contribution in [3.05, 3.63) is 23.8 Å². The molecule has 0 aromatic carbocycles. The zero-order valence-corrected chi connectivity index (χ0v) is 6.72. The van der Waals surface area contributed by atoms with Crippen molar-refractivity contribution in [3.63, 3.8) is 0 Å². The summed E-state index contributed by atoms with van der Waals surface area (Å²) in [7, 11) is 0. The lowest BCUT2D eigenvalue weighted by Crippen LogP contribution is -1.66. The van der Waals surface area contributed by atoms with Gasteiger partial charge in [-0.15, -0.1) is 12.3 Å². The molecule has 0 spiro atoms. The molecule has 0 N–H and O–H groups in total. The largest absolute Gasteiger partial charge is 0.120 e. The molecule has 54 valence electrons. The SMILES string of the molecule is C#CCC=CC(C)=CCC. The van der Waals surface area contributed by atoms with Crippen LogP contribution in [0.2, 0.25) is 0 Å². The summed E-state index contributed by atoms with van der Waals surface area (Å²) < 4.78 is 0. The summed E-state index contributed by atoms with van der Waals surface area (Å²) in [4.78, 5) is 0. The van der Waals surface area contributed by atoms with Gasteiger partial charge in [0.2, 0.25) is 0 Å². The summed E-state index contributed by atoms with van der Waals surface area (Å²) in [6, 6.07) is 0. The van der Waals surface area contributed by atoms with E-state index in [2.05, 4.69) is 31.9 Å². The van der Waals surface area contributed by atoms with Gasteiger partial charge in [-0.25, -0.2) is 0 Å². The number of hydrogen-bond donors (Lipinski definition) is 0. The van der Waals surface area contributed by atoms with Gasteiger partial charge in [0, 0.05) is 6.42 Å². The Morgan fingerprint density at radius 2 is 2.30 bits per heavy atom. The van der Waals surface area contributed by atoms with Gasteiger partial charge in [0.25, 0.3) is 0 Å². The maximum atomic E-state index is 5.07. The Labute approximate surface area is 63.6 Å². The van der Waals surface area contributed by atoms with Crippen LogP contribution in [0.4, 0.5) is 0 Å². The molecule has 0 atom stereocenters. The van der Waals surface area contributed by atoms with E-state index in [1.54, 1.807) is 0 Å². The zero-order valence-electron chi connectivity index (χ0n) is 6.72. The minimum atomic E-state index is 0.731. The van der Waals surface area contributed by atoms with Crippen molar-refractivity contribution in [3.8, 4) is 12.3 Å². The van der Waals surface area contributed by atoms with Crippen molar-refractivity contribution >= 4 is 0 Å². The average Bonchev–Trinajstić information content (AvgIpc) is 1.89. The van der Waals surface area contributed by atoms with Crippen LogP contribution in [0.15, 0.2) is 23.8 Å². The average molecular weight is 134 g/mol. The van der Waals surface area contributed by atoms with Gasteiger partial charge < -0.3 is 0 Å². The van der Waals surface area contributed by atoms with Crippen LogP contribution in [0, 0.1) is 12.3 Å². The first-order valence-electron chi connectivity index (χ1n) is 3.58. The van der Waals surface area contributed by atoms with Crippen molar-refractivity contribution in [2.45, 2.75) is 26.7 Å². The molecule has 0 saturated carbocycles. The third kappa shape index (κ3) is 5.18. The van der Waals surface area contributed by atoms with Crippen LogP contribution in [-0.2, 0) is 0 Å². The monoisotopic (exact) mass is 134 g/mol. The molecular formula is C10H14. The summed E-state index contributed by atoms with van der Waals surface area (Å²) in [6.07, 6.45) is 13.1. The fourth-order valence-electron chi connectivity index (χ4n) is 0.703. The molecule has 0 aliphatic heterocycles. The third-order valence-corrected chi connectivity index (χ3v) is 1.14. The molecule has 10 heavy (non-hydrogen) atoms. The molecule has 0 fully saturated rings. The maximum Gasteiger partial charge on any atom is 0.0270 e. The van der Waals surface area contributed by atoms with Crippen molar-refractivity contribution in [2.24, 2.45) is 0 Å². The highest BCUT2D eigenvalue weighted by Gasteiger charge is 1.76. The Kier molecular flexibility index (Phi) is 5.57. The highest BCUT2D eigenvalue weighted by molar-refractivity contribution is 5.16. The fraction of sp³-hybridized carbons (Fsp3) is 0.400. The molecule has 0 radical (unpaired) electrons. The summed E-state index contributed by atoms with van der Waals surface area (Å²) in [5, 5.41) is 0. The first-order valence-corrected chi connectivity index (χ1v) is 3.58. The molecule has 0 aromatic rings. The van der Waals surface area contributed by atoms with Crippen LogP contribution in [0.1, 0.15) is 26.7 Å². The first kappa shape index (κ1) is 9.04. The number of allylic oxidation sites excluding steroid dienone is 4. The minimum Gasteiger partial charge on any atom is -0.120 e. The van der Waals surface area contributed by atoms with Crippen LogP contribution in [-0.4, -0.2) is 0 Å². The second kappa shape index (κ2) is 6.16. The van der Waals surface area contributed by atoms with Crippen molar-refractivity contribution in [1.82, 2.24) is 0 Å². The van der Waals surface area contributed by atoms with Crippen molar-refractivity contribution in [1.29, 1.82) is 0 Å². The van der Waals surface area contributed by atoms with Crippen LogP contribution in [0.3, 0.4) is 0 Å². The smallest absolute Gasteiger partial charge is 0.0270 e. The number of hydrogen-bond acceptors (Lipinski definition) is 0. The lowest BCUT2D eigenvalue weighted by Gasteiger charge is -1.87. The summed E-state index contributed by atoms with van der Waals surface area (Å²) in [5.74, 6) is 2.55. The number of rotatable bonds is 3. The van der Waals surface area contributed by atoms with Gasteiger partial charge in [0.15, 0.2) is 0 Å². The van der Waals surface area contributed by atoms with Crippen molar-refractivity contribution < 1.29 is 0 Å². The van der Waals surface area contributed by atoms with Gasteiger partial charge in [-0.05, 0) is 13.3 Å². The molecule has 0 nitrogen and oxygen atoms in total. The van der Waals surface area contributed by atoms with E-state index in [1.807, 2.05) is 6.08 Å². The van der Waals surface area contributed by atoms with Crippen LogP contribution < -0.4 is 0 Å². The van der Waals surface area contributed by atoms with Gasteiger partial charge in [-0.1, -0.05) is 30.7 Å². The molecule has 0 saturated heterocycles. The predicted octanol–water partition coefficient (Wildman–Crippen LogP) is 2.92. The zero-order chi connectivity index (χ0) is 7.82. The first-order chi connectivity index (χ1) is 4.81. The van der Waals surface area contributed by atoms with Crippen molar-refractivity contribution in [2.75, 3.05) is 0 Å². The Balaban J connectivity index is 3.68. The van der Waals surface area contributed by atoms with Crippen LogP contribution in [0.25, 0.3) is 0 Å². The quantitative estimate of drug-likeness (QED) is 0.411. The molecule has 0 aromatic heterocycles. The molecule has 0 amide bonds. The lowest BCUT2D eigenvalue weighted by atomic mass is 10.2. The molecule has 0 heterocycles. The molecule has 0 bridgehead atoms. The molecular weight excluding hydrogens is 120 g/mol. The highest BCUT2D eigenvalue weighted by Crippen LogP contribution is 1.97. The Morgan fingerprint density at radius 1 is 1.60 bits per heavy atom. The molecule has 0 rings (SSSR count). The summed E-state index contributed by atoms with van der Waals surface area (Å²) >= 11 is 0. The summed E-state index contributed by atoms with van der Waals surface area (Å²) in [5.41, 5.74) is 1.29. The van der Waals surface area contributed by atoms with Crippen LogP contribution in [0.5, 0.6) is 0 Å². The van der Waals surface area contributed by atoms with E-state index < -0.39 is 0 Å². The highest BCUT2D eigenvalue weighted by atomic mass is 13.8. The van der Waals surface area contributed by atoms with Gasteiger partial charge in [0.1, 0.15) is 0 Å². The van der Waals surface area contributed by atoms with Gasteiger partial charge in [0.05, 0.1) is 0 Å². The molecule has 0 aliphatic rings. The molecule has 0 unspecified atom stereocenters. The molecule has 0 aliphatic carbocycles. The fourth-order valence-corrected chi connectivity index (χ4v) is 0.703. The van der Waals surface area contributed by atoms with E-state index in [1.165, 1.54) is 5.57 Å². The molecule has 0 heteroatoms. The van der Waals surface area contributed by atoms with Gasteiger partial charge in [-0.2, -0.15) is 0 Å². The maximum absolute atomic E-state index is 5.07. The Bertz CT molecular complexity index is 165. The predicted molar refractivity (Wildman–Crippen MR) is 46.6 cm³/mol. The second-order valence-corrected chi connectivity index (χ2v) is 2.17. The van der Waals surface area contributed by atoms with E-state index >= 15 is 0 Å². The Morgan fingerprint density at radius 3 is 2.80 bits per heavy atom. The van der Waals surface area contributed by atoms with E-state index in [9.17, 15) is 0 Å². The Hall–Kier alpha value is -0.960. The van der Waals surface area contributed by atoms with Gasteiger partial charge >= 0.3 is 0 Å². The number of terminal acetylenes is 1. The topological polar surface area (TPSA) is 0 Å². The van der Waals surface area contributed by atoms with Gasteiger partial charge in [-0.3, -0.25) is 0 Å². The van der Waals surface area contributed by atoms with E-state index in [0.717, 1.165) is 12.8 Å². The summed E-state index contributed by atoms with van der Waals surface area (Å²) in [6.45, 7) is 4.20. The van der Waals surface area contributed by atoms with E-state index in [-0.39, 0.29) is 0 Å². The van der Waals surface area contributed by atoms with Crippen LogP contribution >= 0.6 is 0 Å². The second-order valence-electron chi connectivity index (χ2n) is 2.17. The van der Waals surface area contributed by atoms with E-state index in [4.69, 9.17) is 6.42 Å². The standard InChI is InChI=1S/C10H14/c1-4-6-7-9-10(3)8-5-2/h1,7-9H,5-6H2,2-3H3. The lowest BCUT2D eigenvalue weighted by molar-refractivity contribution is 1.19. The van der Waals surface area contributed by atoms with E-state index in [0.29, 0.717) is 0 Å².